The summed E-state index contributed by atoms with van der Waals surface area (Å²) in [6.45, 7) is 11.7. The Balaban J connectivity index is 1.56. The molecule has 10 nitrogen and oxygen atoms in total. The summed E-state index contributed by atoms with van der Waals surface area (Å²) in [5.74, 6) is 2.02. The first-order valence-electron chi connectivity index (χ1n) is 11.9. The molecule has 0 aliphatic carbocycles. The van der Waals surface area contributed by atoms with Crippen LogP contribution in [0.4, 0.5) is 17.7 Å². The van der Waals surface area contributed by atoms with E-state index in [0.717, 1.165) is 36.8 Å². The van der Waals surface area contributed by atoms with Crippen molar-refractivity contribution in [3.63, 3.8) is 0 Å². The molecule has 186 valence electrons. The van der Waals surface area contributed by atoms with Crippen molar-refractivity contribution in [2.45, 2.75) is 49.7 Å². The maximum atomic E-state index is 12.3. The number of carbonyl (C=O) groups is 1. The van der Waals surface area contributed by atoms with Crippen LogP contribution in [0.2, 0.25) is 0 Å². The number of hydrogen-bond acceptors (Lipinski definition) is 9. The van der Waals surface area contributed by atoms with Crippen molar-refractivity contribution in [3.05, 3.63) is 41.6 Å². The van der Waals surface area contributed by atoms with Gasteiger partial charge in [0.2, 0.25) is 11.9 Å². The third-order valence-corrected chi connectivity index (χ3v) is 6.47. The highest BCUT2D eigenvalue weighted by atomic mass is 32.2. The van der Waals surface area contributed by atoms with Gasteiger partial charge >= 0.3 is 0 Å². The monoisotopic (exact) mass is 495 g/mol. The standard InChI is InChI=1S/C24H33N9OS/c1-15(2)19-14-20(31-30-19)26-22-27-23(33-12-10-32(5)11-13-33)29-24(28-22)35-18-8-6-17(7-9-18)21(34)25-16(3)4/h6-9,14-16H,10-13H2,1-5H3,(H,25,34)(H2,26,27,28,29,30,31). The molecule has 0 bridgehead atoms. The van der Waals surface area contributed by atoms with E-state index in [2.05, 4.69) is 56.5 Å². The minimum atomic E-state index is -0.0830. The Morgan fingerprint density at radius 3 is 2.37 bits per heavy atom. The summed E-state index contributed by atoms with van der Waals surface area (Å²) in [6.07, 6.45) is 0. The molecule has 0 saturated carbocycles. The Hall–Kier alpha value is -3.18. The average Bonchev–Trinajstić information content (AvgIpc) is 3.28. The second-order valence-corrected chi connectivity index (χ2v) is 10.3. The fraction of sp³-hybridized carbons (Fsp3) is 0.458. The molecular weight excluding hydrogens is 462 g/mol. The van der Waals surface area contributed by atoms with Crippen LogP contribution in [-0.2, 0) is 0 Å². The summed E-state index contributed by atoms with van der Waals surface area (Å²) < 4.78 is 0. The lowest BCUT2D eigenvalue weighted by molar-refractivity contribution is 0.0943. The van der Waals surface area contributed by atoms with E-state index in [1.807, 2.05) is 44.2 Å². The predicted octanol–water partition coefficient (Wildman–Crippen LogP) is 3.50. The van der Waals surface area contributed by atoms with Crippen molar-refractivity contribution < 1.29 is 4.79 Å². The van der Waals surface area contributed by atoms with Crippen LogP contribution in [-0.4, -0.2) is 75.2 Å². The number of nitrogens with zero attached hydrogens (tertiary/aromatic N) is 6. The molecule has 4 rings (SSSR count). The summed E-state index contributed by atoms with van der Waals surface area (Å²) in [6, 6.07) is 9.52. The molecule has 0 atom stereocenters. The third kappa shape index (κ3) is 6.70. The fourth-order valence-corrected chi connectivity index (χ4v) is 4.27. The van der Waals surface area contributed by atoms with Crippen molar-refractivity contribution in [1.29, 1.82) is 0 Å². The lowest BCUT2D eigenvalue weighted by Crippen LogP contribution is -2.45. The van der Waals surface area contributed by atoms with E-state index in [1.165, 1.54) is 11.8 Å². The number of anilines is 3. The Labute approximate surface area is 210 Å². The third-order valence-electron chi connectivity index (χ3n) is 5.59. The van der Waals surface area contributed by atoms with Crippen LogP contribution in [0.25, 0.3) is 0 Å². The Kier molecular flexibility index (Phi) is 7.86. The molecule has 11 heteroatoms. The topological polar surface area (TPSA) is 115 Å². The summed E-state index contributed by atoms with van der Waals surface area (Å²) in [7, 11) is 2.12. The lowest BCUT2D eigenvalue weighted by Gasteiger charge is -2.32. The number of aromatic amines is 1. The van der Waals surface area contributed by atoms with Gasteiger partial charge in [0, 0.05) is 54.4 Å². The first-order valence-corrected chi connectivity index (χ1v) is 12.7. The molecular formula is C24H33N9OS. The van der Waals surface area contributed by atoms with E-state index in [0.29, 0.717) is 34.4 Å². The molecule has 1 aliphatic rings. The summed E-state index contributed by atoms with van der Waals surface area (Å²) >= 11 is 1.44. The van der Waals surface area contributed by atoms with E-state index in [9.17, 15) is 4.79 Å². The van der Waals surface area contributed by atoms with Gasteiger partial charge in [0.05, 0.1) is 0 Å². The maximum absolute atomic E-state index is 12.3. The summed E-state index contributed by atoms with van der Waals surface area (Å²) in [5.41, 5.74) is 1.66. The smallest absolute Gasteiger partial charge is 0.251 e. The summed E-state index contributed by atoms with van der Waals surface area (Å²) in [5, 5.41) is 14.1. The van der Waals surface area contributed by atoms with Crippen LogP contribution in [0.3, 0.4) is 0 Å². The van der Waals surface area contributed by atoms with E-state index in [1.54, 1.807) is 0 Å². The number of benzene rings is 1. The Morgan fingerprint density at radius 1 is 1.03 bits per heavy atom. The van der Waals surface area contributed by atoms with Crippen LogP contribution in [0.15, 0.2) is 40.4 Å². The number of rotatable bonds is 8. The normalized spacial score (nSPS) is 14.5. The highest BCUT2D eigenvalue weighted by Gasteiger charge is 2.19. The van der Waals surface area contributed by atoms with Gasteiger partial charge in [-0.15, -0.1) is 0 Å². The fourth-order valence-electron chi connectivity index (χ4n) is 3.53. The van der Waals surface area contributed by atoms with Crippen molar-refractivity contribution in [1.82, 2.24) is 35.4 Å². The minimum Gasteiger partial charge on any atom is -0.350 e. The molecule has 1 amide bonds. The van der Waals surface area contributed by atoms with Crippen molar-refractivity contribution in [2.75, 3.05) is 43.4 Å². The van der Waals surface area contributed by atoms with E-state index >= 15 is 0 Å². The molecule has 0 unspecified atom stereocenters. The molecule has 3 N–H and O–H groups in total. The predicted molar refractivity (Wildman–Crippen MR) is 139 cm³/mol. The number of hydrogen-bond donors (Lipinski definition) is 3. The molecule has 1 fully saturated rings. The van der Waals surface area contributed by atoms with Crippen LogP contribution >= 0.6 is 11.8 Å². The number of nitrogens with one attached hydrogen (secondary N) is 3. The molecule has 1 aliphatic heterocycles. The van der Waals surface area contributed by atoms with Crippen molar-refractivity contribution in [3.8, 4) is 0 Å². The van der Waals surface area contributed by atoms with Gasteiger partial charge in [-0.1, -0.05) is 13.8 Å². The van der Waals surface area contributed by atoms with Crippen LogP contribution in [0.5, 0.6) is 0 Å². The zero-order valence-electron chi connectivity index (χ0n) is 20.9. The molecule has 2 aromatic heterocycles. The second-order valence-electron chi connectivity index (χ2n) is 9.27. The number of piperazine rings is 1. The molecule has 35 heavy (non-hydrogen) atoms. The van der Waals surface area contributed by atoms with Crippen molar-refractivity contribution >= 4 is 35.4 Å². The molecule has 0 spiro atoms. The van der Waals surface area contributed by atoms with Gasteiger partial charge < -0.3 is 20.4 Å². The average molecular weight is 496 g/mol. The van der Waals surface area contributed by atoms with E-state index in [-0.39, 0.29) is 11.9 Å². The lowest BCUT2D eigenvalue weighted by atomic mass is 10.1. The van der Waals surface area contributed by atoms with Gasteiger partial charge in [0.1, 0.15) is 0 Å². The Bertz CT molecular complexity index is 1140. The first-order chi connectivity index (χ1) is 16.8. The largest absolute Gasteiger partial charge is 0.350 e. The SMILES string of the molecule is CC(C)NC(=O)c1ccc(Sc2nc(Nc3cc(C(C)C)[nH]n3)nc(N3CCN(C)CC3)n2)cc1. The van der Waals surface area contributed by atoms with Crippen molar-refractivity contribution in [2.24, 2.45) is 0 Å². The molecule has 1 aromatic carbocycles. The number of H-pyrrole nitrogens is 1. The molecule has 3 heterocycles. The summed E-state index contributed by atoms with van der Waals surface area (Å²) in [4.78, 5) is 31.8. The van der Waals surface area contributed by atoms with E-state index in [4.69, 9.17) is 9.97 Å². The zero-order chi connectivity index (χ0) is 24.9. The number of carbonyl (C=O) groups excluding carboxylic acids is 1. The van der Waals surface area contributed by atoms with Gasteiger partial charge in [-0.3, -0.25) is 9.89 Å². The number of likely N-dealkylation sites (N-methyl/N-ethyl adjacent to an activating group) is 1. The highest BCUT2D eigenvalue weighted by molar-refractivity contribution is 7.99. The van der Waals surface area contributed by atoms with Gasteiger partial charge in [-0.25, -0.2) is 0 Å². The van der Waals surface area contributed by atoms with Crippen LogP contribution in [0, 0.1) is 0 Å². The van der Waals surface area contributed by atoms with Crippen LogP contribution in [0.1, 0.15) is 49.7 Å². The molecule has 0 radical (unpaired) electrons. The van der Waals surface area contributed by atoms with Gasteiger partial charge in [-0.2, -0.15) is 20.1 Å². The molecule has 1 saturated heterocycles. The highest BCUT2D eigenvalue weighted by Crippen LogP contribution is 2.28. The van der Waals surface area contributed by atoms with Crippen LogP contribution < -0.4 is 15.5 Å². The quantitative estimate of drug-likeness (QED) is 0.432. The van der Waals surface area contributed by atoms with Gasteiger partial charge in [-0.05, 0) is 62.8 Å². The second kappa shape index (κ2) is 11.0. The number of aromatic nitrogens is 5. The van der Waals surface area contributed by atoms with E-state index < -0.39 is 0 Å². The van der Waals surface area contributed by atoms with Gasteiger partial charge in [0.15, 0.2) is 11.0 Å². The number of amides is 1. The molecule has 3 aromatic rings. The first kappa shape index (κ1) is 24.9. The zero-order valence-corrected chi connectivity index (χ0v) is 21.7. The Morgan fingerprint density at radius 2 is 1.74 bits per heavy atom. The minimum absolute atomic E-state index is 0.0830. The maximum Gasteiger partial charge on any atom is 0.251 e. The van der Waals surface area contributed by atoms with Gasteiger partial charge in [0.25, 0.3) is 5.91 Å².